The number of carbonyl (C=O) groups excluding carboxylic acids is 2. The maximum absolute atomic E-state index is 13.9. The Bertz CT molecular complexity index is 2410. The number of amides is 2. The molecule has 7 nitrogen and oxygen atoms in total. The topological polar surface area (TPSA) is 108 Å². The number of nitrogens with one attached hydrogen (secondary N) is 3. The Balaban J connectivity index is 0.00000514. The molecule has 3 N–H and O–H groups in total. The van der Waals surface area contributed by atoms with Crippen molar-refractivity contribution in [2.75, 3.05) is 18.0 Å². The molecule has 0 saturated carbocycles. The van der Waals surface area contributed by atoms with Crippen molar-refractivity contribution in [3.05, 3.63) is 171 Å². The molecule has 55 heavy (non-hydrogen) atoms. The Morgan fingerprint density at radius 3 is 1.87 bits per heavy atom. The molecule has 2 heterocycles. The molecule has 0 aliphatic carbocycles. The summed E-state index contributed by atoms with van der Waals surface area (Å²) in [4.78, 5) is 30.5. The summed E-state index contributed by atoms with van der Waals surface area (Å²) in [6.45, 7) is 4.09. The number of aromatic amines is 1. The third-order valence-corrected chi connectivity index (χ3v) is 16.6. The van der Waals surface area contributed by atoms with Gasteiger partial charge in [-0.3, -0.25) is 9.59 Å². The summed E-state index contributed by atoms with van der Waals surface area (Å²) in [7, 11) is -6.03. The van der Waals surface area contributed by atoms with Crippen molar-refractivity contribution in [1.29, 1.82) is 0 Å². The molecular formula is C43H37BrCl2N3O4PS. The van der Waals surface area contributed by atoms with Gasteiger partial charge in [0.1, 0.15) is 23.2 Å². The monoisotopic (exact) mass is 871 g/mol. The van der Waals surface area contributed by atoms with Crippen LogP contribution in [-0.4, -0.2) is 37.9 Å². The molecule has 0 saturated heterocycles. The molecule has 0 spiro atoms. The normalized spacial score (nSPS) is 13.2. The van der Waals surface area contributed by atoms with Gasteiger partial charge in [-0.2, -0.15) is 0 Å². The van der Waals surface area contributed by atoms with Crippen LogP contribution < -0.4 is 43.5 Å². The van der Waals surface area contributed by atoms with Crippen LogP contribution >= 0.6 is 30.5 Å². The summed E-state index contributed by atoms with van der Waals surface area (Å²) < 4.78 is 27.1. The van der Waals surface area contributed by atoms with Gasteiger partial charge in [0, 0.05) is 38.2 Å². The highest BCUT2D eigenvalue weighted by molar-refractivity contribution is 7.95. The van der Waals surface area contributed by atoms with E-state index in [-0.39, 0.29) is 49.3 Å². The van der Waals surface area contributed by atoms with Gasteiger partial charge in [0.2, 0.25) is 0 Å². The minimum Gasteiger partial charge on any atom is -1.00 e. The molecule has 2 amide bonds. The lowest BCUT2D eigenvalue weighted by Crippen LogP contribution is -3.00. The average Bonchev–Trinajstić information content (AvgIpc) is 3.65. The highest BCUT2D eigenvalue weighted by Gasteiger charge is 2.45. The fraction of sp³-hybridized carbons (Fsp3) is 0.116. The van der Waals surface area contributed by atoms with E-state index < -0.39 is 22.9 Å². The molecule has 6 aromatic rings. The van der Waals surface area contributed by atoms with E-state index in [9.17, 15) is 18.0 Å². The van der Waals surface area contributed by atoms with E-state index in [4.69, 9.17) is 23.2 Å². The number of anilines is 1. The molecule has 0 atom stereocenters. The Morgan fingerprint density at radius 1 is 0.782 bits per heavy atom. The number of sulfone groups is 1. The fourth-order valence-corrected chi connectivity index (χ4v) is 13.4. The lowest BCUT2D eigenvalue weighted by Gasteiger charge is -2.27. The summed E-state index contributed by atoms with van der Waals surface area (Å²) in [5.41, 5.74) is 3.90. The highest BCUT2D eigenvalue weighted by Crippen LogP contribution is 2.54. The summed E-state index contributed by atoms with van der Waals surface area (Å²) in [6, 6.07) is 40.9. The van der Waals surface area contributed by atoms with E-state index >= 15 is 0 Å². The average molecular weight is 874 g/mol. The minimum atomic E-state index is -3.88. The van der Waals surface area contributed by atoms with Gasteiger partial charge in [-0.25, -0.2) is 8.42 Å². The molecule has 0 bridgehead atoms. The zero-order chi connectivity index (χ0) is 38.0. The van der Waals surface area contributed by atoms with Crippen LogP contribution in [0.4, 0.5) is 5.69 Å². The van der Waals surface area contributed by atoms with Gasteiger partial charge in [-0.05, 0) is 92.2 Å². The Hall–Kier alpha value is -4.50. The number of rotatable bonds is 11. The smallest absolute Gasteiger partial charge is 0.256 e. The van der Waals surface area contributed by atoms with Gasteiger partial charge in [-0.15, -0.1) is 0 Å². The largest absolute Gasteiger partial charge is 1.00 e. The van der Waals surface area contributed by atoms with Crippen LogP contribution in [-0.2, 0) is 20.4 Å². The van der Waals surface area contributed by atoms with E-state index in [1.165, 1.54) is 28.0 Å². The molecule has 5 aromatic carbocycles. The fourth-order valence-electron chi connectivity index (χ4n) is 7.16. The number of hydrogen-bond donors (Lipinski definition) is 3. The van der Waals surface area contributed by atoms with Crippen LogP contribution in [0, 0.1) is 13.8 Å². The molecule has 7 rings (SSSR count). The predicted octanol–water partition coefficient (Wildman–Crippen LogP) is 5.13. The SMILES string of the molecule is Cc1[nH]c(/C=C2\C(=O)Nc3ccc(S(=O)(=O)Cc4c(Cl)cccc4Cl)cc32)c(C)c1C(=O)NCC[P+](c1ccccc1)(c1ccccc1)c1ccccc1.[Br-]. The Kier molecular flexibility index (Phi) is 12.2. The molecule has 0 fully saturated rings. The van der Waals surface area contributed by atoms with Crippen LogP contribution in [0.25, 0.3) is 11.6 Å². The first-order chi connectivity index (χ1) is 26.0. The third-order valence-electron chi connectivity index (χ3n) is 9.84. The number of aryl methyl sites for hydroxylation is 1. The van der Waals surface area contributed by atoms with Crippen LogP contribution in [0.3, 0.4) is 0 Å². The number of fused-ring (bicyclic) bond motifs is 1. The quantitative estimate of drug-likeness (QED) is 0.124. The second kappa shape index (κ2) is 16.7. The summed E-state index contributed by atoms with van der Waals surface area (Å²) >= 11 is 12.6. The first-order valence-electron chi connectivity index (χ1n) is 17.3. The zero-order valence-corrected chi connectivity index (χ0v) is 34.8. The lowest BCUT2D eigenvalue weighted by molar-refractivity contribution is -0.110. The highest BCUT2D eigenvalue weighted by atomic mass is 79.9. The van der Waals surface area contributed by atoms with Crippen molar-refractivity contribution in [1.82, 2.24) is 10.3 Å². The second-order valence-corrected chi connectivity index (χ2v) is 19.6. The molecule has 280 valence electrons. The van der Waals surface area contributed by atoms with Crippen LogP contribution in [0.15, 0.2) is 132 Å². The second-order valence-electron chi connectivity index (χ2n) is 13.1. The third kappa shape index (κ3) is 7.95. The Morgan fingerprint density at radius 2 is 1.33 bits per heavy atom. The van der Waals surface area contributed by atoms with E-state index in [0.717, 1.165) is 0 Å². The maximum atomic E-state index is 13.9. The van der Waals surface area contributed by atoms with E-state index in [2.05, 4.69) is 88.4 Å². The predicted molar refractivity (Wildman–Crippen MR) is 223 cm³/mol. The number of benzene rings is 5. The molecule has 1 aliphatic rings. The number of halogens is 3. The molecule has 0 radical (unpaired) electrons. The van der Waals surface area contributed by atoms with Gasteiger partial charge >= 0.3 is 0 Å². The van der Waals surface area contributed by atoms with Gasteiger partial charge in [0.05, 0.1) is 34.5 Å². The van der Waals surface area contributed by atoms with Crippen molar-refractivity contribution in [3.8, 4) is 0 Å². The first-order valence-corrected chi connectivity index (χ1v) is 21.7. The van der Waals surface area contributed by atoms with Crippen LogP contribution in [0.1, 0.15) is 38.4 Å². The molecule has 1 aromatic heterocycles. The molecule has 0 unspecified atom stereocenters. The molecular weight excluding hydrogens is 836 g/mol. The minimum absolute atomic E-state index is 0. The van der Waals surface area contributed by atoms with Gasteiger partial charge in [0.15, 0.2) is 9.84 Å². The van der Waals surface area contributed by atoms with Crippen molar-refractivity contribution < 1.29 is 35.0 Å². The van der Waals surface area contributed by atoms with E-state index in [1.807, 2.05) is 32.0 Å². The van der Waals surface area contributed by atoms with E-state index in [0.29, 0.717) is 52.0 Å². The number of carbonyl (C=O) groups is 2. The lowest BCUT2D eigenvalue weighted by atomic mass is 10.0. The summed E-state index contributed by atoms with van der Waals surface area (Å²) in [5, 5.41) is 10.3. The van der Waals surface area contributed by atoms with Gasteiger partial charge in [-0.1, -0.05) is 83.9 Å². The van der Waals surface area contributed by atoms with Crippen LogP contribution in [0.5, 0.6) is 0 Å². The van der Waals surface area contributed by atoms with Crippen molar-refractivity contribution >= 4 is 85.4 Å². The van der Waals surface area contributed by atoms with Gasteiger partial charge < -0.3 is 32.6 Å². The Labute approximate surface area is 342 Å². The standard InChI is InChI=1S/C43H36Cl2N3O4PS.BrH/c1-28-40(26-35-34-25-33(21-22-39(34)48-42(35)49)54(51,52)27-36-37(44)19-12-20-38(36)45)47-29(2)41(28)43(50)46-23-24-53(30-13-6-3-7-14-30,31-15-8-4-9-16-31)32-17-10-5-11-18-32;/h3-22,25-26H,23-24,27H2,1-2H3,(H2-,46,47,48,49,50);1H. The van der Waals surface area contributed by atoms with Crippen molar-refractivity contribution in [2.24, 2.45) is 0 Å². The van der Waals surface area contributed by atoms with Gasteiger partial charge in [0.25, 0.3) is 11.8 Å². The van der Waals surface area contributed by atoms with Crippen LogP contribution in [0.2, 0.25) is 10.0 Å². The molecule has 1 aliphatic heterocycles. The maximum Gasteiger partial charge on any atom is 0.256 e. The molecule has 12 heteroatoms. The zero-order valence-electron chi connectivity index (χ0n) is 29.9. The van der Waals surface area contributed by atoms with E-state index in [1.54, 1.807) is 30.3 Å². The number of hydrogen-bond acceptors (Lipinski definition) is 4. The summed E-state index contributed by atoms with van der Waals surface area (Å²) in [5.74, 6) is -1.00. The van der Waals surface area contributed by atoms with Crippen molar-refractivity contribution in [2.45, 2.75) is 24.5 Å². The first kappa shape index (κ1) is 40.2. The van der Waals surface area contributed by atoms with Crippen molar-refractivity contribution in [3.63, 3.8) is 0 Å². The number of H-pyrrole nitrogens is 1. The number of aromatic nitrogens is 1. The summed E-state index contributed by atoms with van der Waals surface area (Å²) in [6.07, 6.45) is 2.37.